The molecule has 0 atom stereocenters. The summed E-state index contributed by atoms with van der Waals surface area (Å²) in [6.45, 7) is 5.41. The van der Waals surface area contributed by atoms with Crippen LogP contribution in [0.15, 0.2) is 69.1 Å². The smallest absolute Gasteiger partial charge is 0.191 e. The van der Waals surface area contributed by atoms with Crippen LogP contribution in [0.25, 0.3) is 0 Å². The molecular weight excluding hydrogens is 498 g/mol. The monoisotopic (exact) mass is 523 g/mol. The van der Waals surface area contributed by atoms with Gasteiger partial charge < -0.3 is 9.30 Å². The second-order valence-electron chi connectivity index (χ2n) is 7.46. The fraction of sp³-hybridized carbons (Fsp3) is 0.364. The Bertz CT molecular complexity index is 1070. The lowest BCUT2D eigenvalue weighted by atomic mass is 10.1. The Balaban J connectivity index is 1.66. The van der Waals surface area contributed by atoms with E-state index in [-0.39, 0.29) is 5.75 Å². The first-order valence-electron chi connectivity index (χ1n) is 10.1. The number of thioether (sulfide) groups is 1. The number of halogens is 1. The van der Waals surface area contributed by atoms with Gasteiger partial charge in [-0.05, 0) is 48.7 Å². The van der Waals surface area contributed by atoms with Gasteiger partial charge in [-0.15, -0.1) is 10.2 Å². The standard InChI is InChI=1S/C22H26BrN3O3S2/c1-17(2)12-13-26-21(16-29-19-6-4-3-5-7-19)24-25-22(26)30-14-15-31(27,28)20-10-8-18(23)9-11-20/h3-11,17H,12-16H2,1-2H3. The normalized spacial score (nSPS) is 11.7. The van der Waals surface area contributed by atoms with Gasteiger partial charge >= 0.3 is 0 Å². The molecule has 0 aliphatic heterocycles. The van der Waals surface area contributed by atoms with E-state index in [0.717, 1.165) is 34.2 Å². The molecule has 0 unspecified atom stereocenters. The van der Waals surface area contributed by atoms with Crippen molar-refractivity contribution in [3.05, 3.63) is 64.9 Å². The van der Waals surface area contributed by atoms with Crippen molar-refractivity contribution in [2.24, 2.45) is 5.92 Å². The van der Waals surface area contributed by atoms with Crippen LogP contribution in [-0.2, 0) is 23.0 Å². The van der Waals surface area contributed by atoms with Crippen molar-refractivity contribution in [3.63, 3.8) is 0 Å². The third kappa shape index (κ3) is 7.08. The highest BCUT2D eigenvalue weighted by molar-refractivity contribution is 9.10. The molecule has 0 saturated heterocycles. The lowest BCUT2D eigenvalue weighted by molar-refractivity contribution is 0.285. The second-order valence-corrected chi connectivity index (χ2v) is 11.5. The summed E-state index contributed by atoms with van der Waals surface area (Å²) in [5, 5.41) is 9.33. The van der Waals surface area contributed by atoms with Crippen LogP contribution in [0.5, 0.6) is 5.75 Å². The summed E-state index contributed by atoms with van der Waals surface area (Å²) in [6, 6.07) is 16.3. The van der Waals surface area contributed by atoms with Crippen LogP contribution < -0.4 is 4.74 Å². The number of hydrogen-bond acceptors (Lipinski definition) is 6. The maximum atomic E-state index is 12.6. The summed E-state index contributed by atoms with van der Waals surface area (Å²) in [6.07, 6.45) is 0.973. The van der Waals surface area contributed by atoms with E-state index in [1.807, 2.05) is 34.9 Å². The zero-order chi connectivity index (χ0) is 22.3. The maximum Gasteiger partial charge on any atom is 0.191 e. The topological polar surface area (TPSA) is 74.1 Å². The molecule has 9 heteroatoms. The molecule has 0 N–H and O–H groups in total. The highest BCUT2D eigenvalue weighted by Gasteiger charge is 2.17. The van der Waals surface area contributed by atoms with Gasteiger partial charge in [-0.1, -0.05) is 59.7 Å². The fourth-order valence-corrected chi connectivity index (χ4v) is 5.71. The van der Waals surface area contributed by atoms with Gasteiger partial charge in [0.15, 0.2) is 20.8 Å². The number of aromatic nitrogens is 3. The van der Waals surface area contributed by atoms with Gasteiger partial charge in [-0.2, -0.15) is 0 Å². The van der Waals surface area contributed by atoms with E-state index >= 15 is 0 Å². The van der Waals surface area contributed by atoms with E-state index in [4.69, 9.17) is 4.74 Å². The number of sulfone groups is 1. The number of para-hydroxylation sites is 1. The first-order valence-corrected chi connectivity index (χ1v) is 13.5. The van der Waals surface area contributed by atoms with Crippen LogP contribution in [0.3, 0.4) is 0 Å². The molecule has 3 rings (SSSR count). The van der Waals surface area contributed by atoms with Gasteiger partial charge in [0, 0.05) is 16.8 Å². The first-order chi connectivity index (χ1) is 14.8. The van der Waals surface area contributed by atoms with Crippen molar-refractivity contribution >= 4 is 37.5 Å². The summed E-state index contributed by atoms with van der Waals surface area (Å²) in [5.41, 5.74) is 0. The highest BCUT2D eigenvalue weighted by Crippen LogP contribution is 2.22. The van der Waals surface area contributed by atoms with Crippen molar-refractivity contribution in [1.29, 1.82) is 0 Å². The second kappa shape index (κ2) is 11.2. The predicted molar refractivity (Wildman–Crippen MR) is 127 cm³/mol. The van der Waals surface area contributed by atoms with Gasteiger partial charge in [0.1, 0.15) is 12.4 Å². The average Bonchev–Trinajstić information content (AvgIpc) is 3.13. The minimum Gasteiger partial charge on any atom is -0.486 e. The van der Waals surface area contributed by atoms with E-state index in [2.05, 4.69) is 40.0 Å². The zero-order valence-electron chi connectivity index (χ0n) is 17.6. The SMILES string of the molecule is CC(C)CCn1c(COc2ccccc2)nnc1SCCS(=O)(=O)c1ccc(Br)cc1. The Kier molecular flexibility index (Phi) is 8.57. The van der Waals surface area contributed by atoms with E-state index in [9.17, 15) is 8.42 Å². The largest absolute Gasteiger partial charge is 0.486 e. The molecule has 6 nitrogen and oxygen atoms in total. The van der Waals surface area contributed by atoms with Crippen LogP contribution in [0, 0.1) is 5.92 Å². The third-order valence-electron chi connectivity index (χ3n) is 4.59. The van der Waals surface area contributed by atoms with Crippen LogP contribution in [0.1, 0.15) is 26.1 Å². The van der Waals surface area contributed by atoms with Crippen LogP contribution >= 0.6 is 27.7 Å². The summed E-state index contributed by atoms with van der Waals surface area (Å²) in [4.78, 5) is 0.328. The zero-order valence-corrected chi connectivity index (χ0v) is 20.8. The lowest BCUT2D eigenvalue weighted by Crippen LogP contribution is -2.12. The van der Waals surface area contributed by atoms with Gasteiger partial charge in [-0.3, -0.25) is 0 Å². The molecule has 0 amide bonds. The molecule has 31 heavy (non-hydrogen) atoms. The molecule has 0 saturated carbocycles. The third-order valence-corrected chi connectivity index (χ3v) is 8.08. The molecule has 0 aliphatic carbocycles. The fourth-order valence-electron chi connectivity index (χ4n) is 2.81. The molecule has 1 aromatic heterocycles. The average molecular weight is 525 g/mol. The number of rotatable bonds is 11. The van der Waals surface area contributed by atoms with Crippen LogP contribution in [-0.4, -0.2) is 34.7 Å². The highest BCUT2D eigenvalue weighted by atomic mass is 79.9. The molecule has 0 fully saturated rings. The molecule has 3 aromatic rings. The molecule has 2 aromatic carbocycles. The van der Waals surface area contributed by atoms with E-state index in [1.165, 1.54) is 11.8 Å². The minimum atomic E-state index is -3.35. The van der Waals surface area contributed by atoms with Crippen molar-refractivity contribution in [2.75, 3.05) is 11.5 Å². The van der Waals surface area contributed by atoms with Gasteiger partial charge in [0.05, 0.1) is 10.6 Å². The van der Waals surface area contributed by atoms with Crippen LogP contribution in [0.2, 0.25) is 0 Å². The van der Waals surface area contributed by atoms with Gasteiger partial charge in [-0.25, -0.2) is 8.42 Å². The van der Waals surface area contributed by atoms with Crippen molar-refractivity contribution in [1.82, 2.24) is 14.8 Å². The molecule has 0 spiro atoms. The minimum absolute atomic E-state index is 0.0339. The van der Waals surface area contributed by atoms with Crippen LogP contribution in [0.4, 0.5) is 0 Å². The molecule has 0 bridgehead atoms. The Morgan fingerprint density at radius 2 is 1.77 bits per heavy atom. The van der Waals surface area contributed by atoms with Crippen molar-refractivity contribution in [3.8, 4) is 5.75 Å². The summed E-state index contributed by atoms with van der Waals surface area (Å²) in [7, 11) is -3.35. The Hall–Kier alpha value is -1.84. The molecule has 166 valence electrons. The number of benzene rings is 2. The summed E-state index contributed by atoms with van der Waals surface area (Å²) >= 11 is 4.74. The van der Waals surface area contributed by atoms with Gasteiger partial charge in [0.25, 0.3) is 0 Å². The van der Waals surface area contributed by atoms with Crippen molar-refractivity contribution in [2.45, 2.75) is 43.5 Å². The quantitative estimate of drug-likeness (QED) is 0.320. The molecular formula is C22H26BrN3O3S2. The Labute approximate surface area is 196 Å². The number of nitrogens with zero attached hydrogens (tertiary/aromatic N) is 3. The number of hydrogen-bond donors (Lipinski definition) is 0. The van der Waals surface area contributed by atoms with E-state index < -0.39 is 9.84 Å². The van der Waals surface area contributed by atoms with Crippen molar-refractivity contribution < 1.29 is 13.2 Å². The molecule has 0 aliphatic rings. The first kappa shape index (κ1) is 23.8. The maximum absolute atomic E-state index is 12.6. The van der Waals surface area contributed by atoms with E-state index in [0.29, 0.717) is 23.2 Å². The van der Waals surface area contributed by atoms with Gasteiger partial charge in [0.2, 0.25) is 0 Å². The lowest BCUT2D eigenvalue weighted by Gasteiger charge is -2.12. The number of ether oxygens (including phenoxy) is 1. The van der Waals surface area contributed by atoms with E-state index in [1.54, 1.807) is 24.3 Å². The Morgan fingerprint density at radius 3 is 2.45 bits per heavy atom. The summed E-state index contributed by atoms with van der Waals surface area (Å²) in [5.74, 6) is 2.48. The predicted octanol–water partition coefficient (Wildman–Crippen LogP) is 5.23. The molecule has 1 heterocycles. The Morgan fingerprint density at radius 1 is 1.06 bits per heavy atom. The summed E-state index contributed by atoms with van der Waals surface area (Å²) < 4.78 is 34.0. The molecule has 0 radical (unpaired) electrons.